The molecule has 3 aromatic carbocycles. The molecule has 192 valence electrons. The Kier molecular flexibility index (Phi) is 8.14. The van der Waals surface area contributed by atoms with E-state index < -0.39 is 0 Å². The molecule has 0 fully saturated rings. The number of carbonyl (C=O) groups excluding carboxylic acids is 1. The highest BCUT2D eigenvalue weighted by atomic mass is 16.5. The summed E-state index contributed by atoms with van der Waals surface area (Å²) in [6.45, 7) is 2.73. The van der Waals surface area contributed by atoms with E-state index in [-0.39, 0.29) is 5.97 Å². The summed E-state index contributed by atoms with van der Waals surface area (Å²) < 4.78 is 13.2. The molecule has 0 aliphatic rings. The Morgan fingerprint density at radius 2 is 1.58 bits per heavy atom. The number of carbonyl (C=O) groups is 1. The number of nitrogens with zero attached hydrogens (tertiary/aromatic N) is 2. The number of aryl methyl sites for hydroxylation is 3. The Morgan fingerprint density at radius 1 is 0.816 bits per heavy atom. The minimum atomic E-state index is -0.157. The highest BCUT2D eigenvalue weighted by Gasteiger charge is 2.13. The van der Waals surface area contributed by atoms with Crippen molar-refractivity contribution in [3.05, 3.63) is 126 Å². The summed E-state index contributed by atoms with van der Waals surface area (Å²) in [6, 6.07) is 31.1. The fourth-order valence-corrected chi connectivity index (χ4v) is 4.65. The summed E-state index contributed by atoms with van der Waals surface area (Å²) >= 11 is 0. The molecular formula is C33H32N2O3. The van der Waals surface area contributed by atoms with Crippen LogP contribution in [0.25, 0.3) is 16.6 Å². The predicted octanol–water partition coefficient (Wildman–Crippen LogP) is 6.89. The van der Waals surface area contributed by atoms with Crippen LogP contribution in [0.15, 0.2) is 103 Å². The first-order valence-corrected chi connectivity index (χ1v) is 13.1. The van der Waals surface area contributed by atoms with Crippen molar-refractivity contribution in [3.63, 3.8) is 0 Å². The first-order valence-electron chi connectivity index (χ1n) is 13.1. The van der Waals surface area contributed by atoms with Crippen LogP contribution in [0.1, 0.15) is 35.6 Å². The van der Waals surface area contributed by atoms with Crippen LogP contribution in [0.2, 0.25) is 0 Å². The smallest absolute Gasteiger partial charge is 0.306 e. The average Bonchev–Trinajstić information content (AvgIpc) is 3.33. The zero-order valence-corrected chi connectivity index (χ0v) is 21.7. The van der Waals surface area contributed by atoms with Gasteiger partial charge in [0.15, 0.2) is 0 Å². The minimum Gasteiger partial charge on any atom is -0.473 e. The molecule has 5 aromatic rings. The van der Waals surface area contributed by atoms with Gasteiger partial charge in [0.05, 0.1) is 24.0 Å². The van der Waals surface area contributed by atoms with Crippen LogP contribution in [0.3, 0.4) is 0 Å². The van der Waals surface area contributed by atoms with E-state index in [4.69, 9.17) is 9.47 Å². The van der Waals surface area contributed by atoms with Crippen LogP contribution in [-0.2, 0) is 35.4 Å². The third-order valence-corrected chi connectivity index (χ3v) is 6.63. The van der Waals surface area contributed by atoms with Gasteiger partial charge in [-0.3, -0.25) is 4.79 Å². The molecule has 0 aliphatic heterocycles. The molecule has 0 aliphatic carbocycles. The molecule has 0 spiro atoms. The van der Waals surface area contributed by atoms with E-state index in [1.54, 1.807) is 0 Å². The fourth-order valence-electron chi connectivity index (χ4n) is 4.65. The lowest BCUT2D eigenvalue weighted by molar-refractivity contribution is -0.143. The topological polar surface area (TPSA) is 53.4 Å². The van der Waals surface area contributed by atoms with Crippen LogP contribution < -0.4 is 4.74 Å². The zero-order valence-electron chi connectivity index (χ0n) is 21.7. The van der Waals surface area contributed by atoms with Gasteiger partial charge in [0.2, 0.25) is 5.88 Å². The molecule has 2 heterocycles. The second kappa shape index (κ2) is 12.2. The molecule has 0 saturated carbocycles. The maximum atomic E-state index is 11.9. The van der Waals surface area contributed by atoms with Gasteiger partial charge in [0.25, 0.3) is 0 Å². The molecule has 38 heavy (non-hydrogen) atoms. The summed E-state index contributed by atoms with van der Waals surface area (Å²) in [5.74, 6) is 0.440. The molecule has 0 bridgehead atoms. The van der Waals surface area contributed by atoms with Crippen LogP contribution >= 0.6 is 0 Å². The third-order valence-electron chi connectivity index (χ3n) is 6.63. The highest BCUT2D eigenvalue weighted by Crippen LogP contribution is 2.28. The van der Waals surface area contributed by atoms with Crippen LogP contribution in [0, 0.1) is 0 Å². The standard InChI is InChI=1S/C33H32N2O3/c1-2-37-33(36)20-15-26-14-18-31-30(21-26)28(16-13-25-9-5-3-6-10-25)23-35(31)29-17-19-32(34-22-29)38-24-27-11-7-4-8-12-27/h3-12,14,17-19,21-23H,2,13,15-16,20,24H2,1H3. The van der Waals surface area contributed by atoms with Gasteiger partial charge in [-0.05, 0) is 66.6 Å². The van der Waals surface area contributed by atoms with E-state index in [9.17, 15) is 4.79 Å². The van der Waals surface area contributed by atoms with E-state index in [0.717, 1.165) is 35.2 Å². The summed E-state index contributed by atoms with van der Waals surface area (Å²) in [5, 5.41) is 1.20. The highest BCUT2D eigenvalue weighted by molar-refractivity contribution is 5.86. The average molecular weight is 505 g/mol. The second-order valence-corrected chi connectivity index (χ2v) is 9.30. The number of ether oxygens (including phenoxy) is 2. The molecule has 0 radical (unpaired) electrons. The molecule has 2 aromatic heterocycles. The van der Waals surface area contributed by atoms with E-state index in [0.29, 0.717) is 31.9 Å². The Bertz CT molecular complexity index is 1480. The molecule has 0 N–H and O–H groups in total. The van der Waals surface area contributed by atoms with Gasteiger partial charge >= 0.3 is 5.97 Å². The number of esters is 1. The van der Waals surface area contributed by atoms with Crippen LogP contribution in [-0.4, -0.2) is 22.1 Å². The van der Waals surface area contributed by atoms with Crippen molar-refractivity contribution in [3.8, 4) is 11.6 Å². The lowest BCUT2D eigenvalue weighted by atomic mass is 10.0. The molecule has 0 atom stereocenters. The van der Waals surface area contributed by atoms with Crippen molar-refractivity contribution in [2.45, 2.75) is 39.2 Å². The van der Waals surface area contributed by atoms with Gasteiger partial charge in [-0.1, -0.05) is 66.7 Å². The molecule has 0 saturated heterocycles. The van der Waals surface area contributed by atoms with E-state index >= 15 is 0 Å². The van der Waals surface area contributed by atoms with Crippen LogP contribution in [0.4, 0.5) is 0 Å². The molecule has 5 heteroatoms. The summed E-state index contributed by atoms with van der Waals surface area (Å²) in [6.07, 6.45) is 6.98. The summed E-state index contributed by atoms with van der Waals surface area (Å²) in [4.78, 5) is 16.5. The molecule has 5 nitrogen and oxygen atoms in total. The zero-order chi connectivity index (χ0) is 26.2. The number of hydrogen-bond acceptors (Lipinski definition) is 4. The maximum Gasteiger partial charge on any atom is 0.306 e. The normalized spacial score (nSPS) is 11.0. The second-order valence-electron chi connectivity index (χ2n) is 9.30. The first-order chi connectivity index (χ1) is 18.7. The summed E-state index contributed by atoms with van der Waals surface area (Å²) in [7, 11) is 0. The van der Waals surface area contributed by atoms with Gasteiger partial charge in [-0.25, -0.2) is 4.98 Å². The van der Waals surface area contributed by atoms with Gasteiger partial charge < -0.3 is 14.0 Å². The van der Waals surface area contributed by atoms with Gasteiger partial charge in [0, 0.05) is 24.1 Å². The predicted molar refractivity (Wildman–Crippen MR) is 151 cm³/mol. The number of hydrogen-bond donors (Lipinski definition) is 0. The molecule has 0 amide bonds. The SMILES string of the molecule is CCOC(=O)CCc1ccc2c(c1)c(CCc1ccccc1)cn2-c1ccc(OCc2ccccc2)nc1. The Hall–Kier alpha value is -4.38. The quantitative estimate of drug-likeness (QED) is 0.184. The lowest BCUT2D eigenvalue weighted by Crippen LogP contribution is -2.05. The summed E-state index contributed by atoms with van der Waals surface area (Å²) in [5.41, 5.74) is 6.92. The van der Waals surface area contributed by atoms with Crippen LogP contribution in [0.5, 0.6) is 5.88 Å². The van der Waals surface area contributed by atoms with Gasteiger partial charge in [0.1, 0.15) is 6.61 Å². The number of pyridine rings is 1. The van der Waals surface area contributed by atoms with Crippen molar-refractivity contribution in [1.29, 1.82) is 0 Å². The van der Waals surface area contributed by atoms with Crippen molar-refractivity contribution in [1.82, 2.24) is 9.55 Å². The van der Waals surface area contributed by atoms with E-state index in [1.807, 2.05) is 61.7 Å². The fraction of sp³-hybridized carbons (Fsp3) is 0.212. The van der Waals surface area contributed by atoms with Crippen molar-refractivity contribution in [2.75, 3.05) is 6.61 Å². The Morgan fingerprint density at radius 3 is 2.29 bits per heavy atom. The first kappa shape index (κ1) is 25.3. The molecule has 5 rings (SSSR count). The molecule has 0 unspecified atom stereocenters. The Labute approximate surface area is 223 Å². The number of fused-ring (bicyclic) bond motifs is 1. The van der Waals surface area contributed by atoms with Crippen molar-refractivity contribution < 1.29 is 14.3 Å². The lowest BCUT2D eigenvalue weighted by Gasteiger charge is -2.09. The van der Waals surface area contributed by atoms with Gasteiger partial charge in [-0.2, -0.15) is 0 Å². The van der Waals surface area contributed by atoms with E-state index in [1.165, 1.54) is 16.5 Å². The minimum absolute atomic E-state index is 0.157. The number of rotatable bonds is 11. The monoisotopic (exact) mass is 504 g/mol. The van der Waals surface area contributed by atoms with E-state index in [2.05, 4.69) is 58.2 Å². The van der Waals surface area contributed by atoms with Crippen molar-refractivity contribution >= 4 is 16.9 Å². The Balaban J connectivity index is 1.39. The van der Waals surface area contributed by atoms with Crippen molar-refractivity contribution in [2.24, 2.45) is 0 Å². The number of benzene rings is 3. The largest absolute Gasteiger partial charge is 0.473 e. The van der Waals surface area contributed by atoms with Gasteiger partial charge in [-0.15, -0.1) is 0 Å². The molecular weight excluding hydrogens is 472 g/mol. The third kappa shape index (κ3) is 6.30. The number of aromatic nitrogens is 2. The maximum absolute atomic E-state index is 11.9.